The number of esters is 2. The predicted molar refractivity (Wildman–Crippen MR) is 190 cm³/mol. The lowest BCUT2D eigenvalue weighted by molar-refractivity contribution is -0.893. The van der Waals surface area contributed by atoms with Gasteiger partial charge in [0, 0.05) is 12.8 Å². The number of nitrogens with zero attached hydrogens (tertiary/aromatic N) is 1. The van der Waals surface area contributed by atoms with Crippen molar-refractivity contribution in [1.82, 2.24) is 0 Å². The SMILES string of the molecule is CCCCCCCCCCCCCCCC(=O)OCC(C[N+](C)(C)CCO)OC(=O)CCCCCCCCCCCCCCC. The predicted octanol–water partition coefficient (Wildman–Crippen LogP) is 10.5. The van der Waals surface area contributed by atoms with Gasteiger partial charge in [-0.25, -0.2) is 0 Å². The lowest BCUT2D eigenvalue weighted by Crippen LogP contribution is -2.49. The monoisotopic (exact) mass is 641 g/mol. The van der Waals surface area contributed by atoms with Crippen LogP contribution in [-0.4, -0.2) is 68.0 Å². The quantitative estimate of drug-likeness (QED) is 0.0424. The number of quaternary nitrogens is 1. The molecule has 0 bridgehead atoms. The first-order valence-electron chi connectivity index (χ1n) is 19.6. The minimum atomic E-state index is -0.489. The molecule has 0 spiro atoms. The number of carbonyl (C=O) groups excluding carboxylic acids is 2. The second kappa shape index (κ2) is 32.8. The molecule has 0 radical (unpaired) electrons. The Morgan fingerprint density at radius 2 is 0.867 bits per heavy atom. The molecule has 0 fully saturated rings. The van der Waals surface area contributed by atoms with Crippen LogP contribution in [0.1, 0.15) is 194 Å². The van der Waals surface area contributed by atoms with Gasteiger partial charge >= 0.3 is 11.9 Å². The van der Waals surface area contributed by atoms with Crippen molar-refractivity contribution in [3.05, 3.63) is 0 Å². The average molecular weight is 641 g/mol. The Hall–Kier alpha value is -1.14. The smallest absolute Gasteiger partial charge is 0.306 e. The topological polar surface area (TPSA) is 72.8 Å². The Bertz CT molecular complexity index is 653. The van der Waals surface area contributed by atoms with Crippen molar-refractivity contribution < 1.29 is 28.7 Å². The summed E-state index contributed by atoms with van der Waals surface area (Å²) in [5, 5.41) is 9.44. The number of rotatable bonds is 35. The number of hydrogen-bond acceptors (Lipinski definition) is 5. The molecule has 0 saturated carbocycles. The molecule has 0 aliphatic heterocycles. The molecule has 0 aromatic heterocycles. The molecule has 6 nitrogen and oxygen atoms in total. The highest BCUT2D eigenvalue weighted by Gasteiger charge is 2.26. The summed E-state index contributed by atoms with van der Waals surface area (Å²) in [5.74, 6) is -0.414. The highest BCUT2D eigenvalue weighted by atomic mass is 16.6. The molecule has 0 aliphatic rings. The van der Waals surface area contributed by atoms with Gasteiger partial charge in [0.15, 0.2) is 6.10 Å². The number of aliphatic hydroxyl groups excluding tert-OH is 1. The fourth-order valence-corrected chi connectivity index (χ4v) is 6.11. The summed E-state index contributed by atoms with van der Waals surface area (Å²) < 4.78 is 11.9. The first-order chi connectivity index (χ1) is 21.8. The Kier molecular flexibility index (Phi) is 32.0. The first-order valence-corrected chi connectivity index (χ1v) is 19.6. The first kappa shape index (κ1) is 43.9. The van der Waals surface area contributed by atoms with E-state index in [-0.39, 0.29) is 25.2 Å². The molecular formula is C39H78NO5+. The van der Waals surface area contributed by atoms with Gasteiger partial charge in [0.25, 0.3) is 0 Å². The van der Waals surface area contributed by atoms with Crippen LogP contribution in [0.3, 0.4) is 0 Å². The van der Waals surface area contributed by atoms with Gasteiger partial charge < -0.3 is 19.1 Å². The summed E-state index contributed by atoms with van der Waals surface area (Å²) in [7, 11) is 4.00. The summed E-state index contributed by atoms with van der Waals surface area (Å²) >= 11 is 0. The van der Waals surface area contributed by atoms with Crippen LogP contribution in [0.4, 0.5) is 0 Å². The molecular weight excluding hydrogens is 562 g/mol. The van der Waals surface area contributed by atoms with Gasteiger partial charge in [0.1, 0.15) is 19.7 Å². The highest BCUT2D eigenvalue weighted by Crippen LogP contribution is 2.15. The van der Waals surface area contributed by atoms with E-state index in [4.69, 9.17) is 9.47 Å². The molecule has 0 aromatic carbocycles. The van der Waals surface area contributed by atoms with Crippen LogP contribution in [0.15, 0.2) is 0 Å². The van der Waals surface area contributed by atoms with Crippen LogP contribution < -0.4 is 0 Å². The van der Waals surface area contributed by atoms with Crippen LogP contribution in [-0.2, 0) is 19.1 Å². The molecule has 0 aromatic rings. The second-order valence-electron chi connectivity index (χ2n) is 14.3. The number of hydrogen-bond donors (Lipinski definition) is 1. The maximum absolute atomic E-state index is 12.6. The number of aliphatic hydroxyl groups is 1. The van der Waals surface area contributed by atoms with Gasteiger partial charge in [0.05, 0.1) is 20.7 Å². The lowest BCUT2D eigenvalue weighted by Gasteiger charge is -2.32. The molecule has 0 rings (SSSR count). The van der Waals surface area contributed by atoms with Gasteiger partial charge in [-0.3, -0.25) is 9.59 Å². The molecule has 0 aliphatic carbocycles. The van der Waals surface area contributed by atoms with Crippen molar-refractivity contribution >= 4 is 11.9 Å². The summed E-state index contributed by atoms with van der Waals surface area (Å²) in [5.41, 5.74) is 0. The molecule has 1 unspecified atom stereocenters. The van der Waals surface area contributed by atoms with E-state index in [1.54, 1.807) is 0 Å². The maximum Gasteiger partial charge on any atom is 0.306 e. The van der Waals surface area contributed by atoms with Gasteiger partial charge in [0.2, 0.25) is 0 Å². The van der Waals surface area contributed by atoms with Crippen molar-refractivity contribution in [2.75, 3.05) is 40.4 Å². The van der Waals surface area contributed by atoms with Crippen molar-refractivity contribution in [2.45, 2.75) is 200 Å². The van der Waals surface area contributed by atoms with Gasteiger partial charge in [-0.05, 0) is 12.8 Å². The van der Waals surface area contributed by atoms with E-state index in [0.29, 0.717) is 30.4 Å². The minimum Gasteiger partial charge on any atom is -0.461 e. The van der Waals surface area contributed by atoms with Crippen molar-refractivity contribution in [3.63, 3.8) is 0 Å². The highest BCUT2D eigenvalue weighted by molar-refractivity contribution is 5.70. The Morgan fingerprint density at radius 3 is 1.22 bits per heavy atom. The maximum atomic E-state index is 12.6. The van der Waals surface area contributed by atoms with E-state index < -0.39 is 6.10 Å². The van der Waals surface area contributed by atoms with E-state index >= 15 is 0 Å². The van der Waals surface area contributed by atoms with Crippen LogP contribution in [0.2, 0.25) is 0 Å². The zero-order valence-electron chi connectivity index (χ0n) is 30.7. The Labute approximate surface area is 280 Å². The zero-order chi connectivity index (χ0) is 33.3. The Balaban J connectivity index is 4.05. The van der Waals surface area contributed by atoms with Crippen molar-refractivity contribution in [3.8, 4) is 0 Å². The van der Waals surface area contributed by atoms with E-state index in [2.05, 4.69) is 13.8 Å². The molecule has 0 saturated heterocycles. The molecule has 6 heteroatoms. The number of likely N-dealkylation sites (N-methyl/N-ethyl adjacent to an activating group) is 1. The lowest BCUT2D eigenvalue weighted by atomic mass is 10.0. The molecule has 0 amide bonds. The van der Waals surface area contributed by atoms with Crippen LogP contribution in [0.5, 0.6) is 0 Å². The molecule has 268 valence electrons. The summed E-state index contributed by atoms with van der Waals surface area (Å²) in [6.45, 7) is 5.75. The number of carbonyl (C=O) groups is 2. The van der Waals surface area contributed by atoms with E-state index in [0.717, 1.165) is 25.7 Å². The normalized spacial score (nSPS) is 12.4. The fourth-order valence-electron chi connectivity index (χ4n) is 6.11. The molecule has 0 heterocycles. The third kappa shape index (κ3) is 32.6. The number of ether oxygens (including phenoxy) is 2. The van der Waals surface area contributed by atoms with Crippen LogP contribution in [0, 0.1) is 0 Å². The van der Waals surface area contributed by atoms with E-state index in [9.17, 15) is 14.7 Å². The third-order valence-electron chi connectivity index (χ3n) is 9.10. The zero-order valence-corrected chi connectivity index (χ0v) is 30.7. The second-order valence-corrected chi connectivity index (χ2v) is 14.3. The Morgan fingerprint density at radius 1 is 0.533 bits per heavy atom. The molecule has 1 atom stereocenters. The van der Waals surface area contributed by atoms with Gasteiger partial charge in [-0.1, -0.05) is 168 Å². The molecule has 1 N–H and O–H groups in total. The molecule has 45 heavy (non-hydrogen) atoms. The summed E-state index contributed by atoms with van der Waals surface area (Å²) in [4.78, 5) is 25.1. The van der Waals surface area contributed by atoms with Crippen molar-refractivity contribution in [1.29, 1.82) is 0 Å². The summed E-state index contributed by atoms with van der Waals surface area (Å²) in [6.07, 6.45) is 33.5. The van der Waals surface area contributed by atoms with Gasteiger partial charge in [-0.2, -0.15) is 0 Å². The van der Waals surface area contributed by atoms with Crippen LogP contribution in [0.25, 0.3) is 0 Å². The number of unbranched alkanes of at least 4 members (excludes halogenated alkanes) is 24. The minimum absolute atomic E-state index is 0.0610. The van der Waals surface area contributed by atoms with Crippen LogP contribution >= 0.6 is 0 Å². The van der Waals surface area contributed by atoms with E-state index in [1.807, 2.05) is 14.1 Å². The standard InChI is InChI=1S/C39H78NO5/c1-5-7-9-11-13-15-17-19-21-23-25-27-29-31-38(42)44-36-37(35-40(3,4)33-34-41)45-39(43)32-30-28-26-24-22-20-18-16-14-12-10-8-6-2/h37,41H,5-36H2,1-4H3/q+1. The largest absolute Gasteiger partial charge is 0.461 e. The van der Waals surface area contributed by atoms with Gasteiger partial charge in [-0.15, -0.1) is 0 Å². The summed E-state index contributed by atoms with van der Waals surface area (Å²) in [6, 6.07) is 0. The fraction of sp³-hybridized carbons (Fsp3) is 0.949. The van der Waals surface area contributed by atoms with Crippen molar-refractivity contribution in [2.24, 2.45) is 0 Å². The average Bonchev–Trinajstić information content (AvgIpc) is 3.00. The third-order valence-corrected chi connectivity index (χ3v) is 9.10. The van der Waals surface area contributed by atoms with E-state index in [1.165, 1.54) is 141 Å².